The molecule has 0 bridgehead atoms. The summed E-state index contributed by atoms with van der Waals surface area (Å²) in [7, 11) is 0. The van der Waals surface area contributed by atoms with Gasteiger partial charge in [0.2, 0.25) is 0 Å². The minimum atomic E-state index is -0.833. The van der Waals surface area contributed by atoms with Crippen LogP contribution in [0.4, 0.5) is 0 Å². The second-order valence-corrected chi connectivity index (χ2v) is 8.00. The summed E-state index contributed by atoms with van der Waals surface area (Å²) >= 11 is 7.16. The zero-order valence-electron chi connectivity index (χ0n) is 16.4. The molecule has 0 aliphatic heterocycles. The van der Waals surface area contributed by atoms with Gasteiger partial charge in [0.05, 0.1) is 5.75 Å². The number of esters is 1. The number of aromatic nitrogens is 3. The van der Waals surface area contributed by atoms with E-state index in [4.69, 9.17) is 16.3 Å². The van der Waals surface area contributed by atoms with Gasteiger partial charge in [-0.15, -0.1) is 10.2 Å². The van der Waals surface area contributed by atoms with Crippen LogP contribution >= 0.6 is 23.4 Å². The van der Waals surface area contributed by atoms with E-state index in [1.807, 2.05) is 37.5 Å². The van der Waals surface area contributed by atoms with Crippen molar-refractivity contribution in [1.29, 1.82) is 0 Å². The van der Waals surface area contributed by atoms with E-state index in [2.05, 4.69) is 15.5 Å². The van der Waals surface area contributed by atoms with Crippen LogP contribution in [0.25, 0.3) is 11.4 Å². The van der Waals surface area contributed by atoms with Crippen molar-refractivity contribution in [2.75, 3.05) is 12.3 Å². The molecule has 28 heavy (non-hydrogen) atoms. The van der Waals surface area contributed by atoms with Crippen LogP contribution in [-0.2, 0) is 20.9 Å². The first-order valence-electron chi connectivity index (χ1n) is 9.11. The molecule has 2 rings (SSSR count). The van der Waals surface area contributed by atoms with Crippen LogP contribution in [0.3, 0.4) is 0 Å². The smallest absolute Gasteiger partial charge is 0.317 e. The lowest BCUT2D eigenvalue weighted by atomic mass is 10.2. The molecule has 1 aromatic carbocycles. The van der Waals surface area contributed by atoms with Gasteiger partial charge in [-0.1, -0.05) is 37.2 Å². The van der Waals surface area contributed by atoms with Crippen molar-refractivity contribution in [3.63, 3.8) is 0 Å². The normalized spacial score (nSPS) is 12.1. The fraction of sp³-hybridized carbons (Fsp3) is 0.474. The molecule has 7 nitrogen and oxygen atoms in total. The van der Waals surface area contributed by atoms with Crippen molar-refractivity contribution < 1.29 is 14.3 Å². The average molecular weight is 425 g/mol. The van der Waals surface area contributed by atoms with Crippen LogP contribution in [0.1, 0.15) is 27.7 Å². The maximum Gasteiger partial charge on any atom is 0.317 e. The summed E-state index contributed by atoms with van der Waals surface area (Å²) in [5, 5.41) is 12.4. The summed E-state index contributed by atoms with van der Waals surface area (Å²) in [6.07, 6.45) is -0.833. The Morgan fingerprint density at radius 2 is 1.89 bits per heavy atom. The van der Waals surface area contributed by atoms with Gasteiger partial charge in [0.25, 0.3) is 5.91 Å². The SMILES string of the molecule is CCn1c(SCC(=O)O[C@@H](C)C(=O)NCC(C)C)nnc1-c1ccc(Cl)cc1. The summed E-state index contributed by atoms with van der Waals surface area (Å²) in [5.74, 6) is 0.305. The largest absolute Gasteiger partial charge is 0.452 e. The molecule has 0 aliphatic rings. The lowest BCUT2D eigenvalue weighted by Crippen LogP contribution is -2.37. The molecule has 0 aliphatic carbocycles. The molecule has 9 heteroatoms. The molecule has 0 spiro atoms. The van der Waals surface area contributed by atoms with Gasteiger partial charge in [-0.05, 0) is 44.0 Å². The van der Waals surface area contributed by atoms with Gasteiger partial charge in [-0.3, -0.25) is 9.59 Å². The molecule has 2 aromatic rings. The second-order valence-electron chi connectivity index (χ2n) is 6.62. The van der Waals surface area contributed by atoms with Crippen molar-refractivity contribution in [3.8, 4) is 11.4 Å². The Hall–Kier alpha value is -2.06. The number of nitrogens with one attached hydrogen (secondary N) is 1. The molecule has 0 unspecified atom stereocenters. The molecular formula is C19H25ClN4O3S. The number of halogens is 1. The van der Waals surface area contributed by atoms with E-state index >= 15 is 0 Å². The van der Waals surface area contributed by atoms with Crippen LogP contribution in [0.5, 0.6) is 0 Å². The third-order valence-electron chi connectivity index (χ3n) is 3.82. The van der Waals surface area contributed by atoms with E-state index in [1.165, 1.54) is 11.8 Å². The number of benzene rings is 1. The van der Waals surface area contributed by atoms with E-state index < -0.39 is 12.1 Å². The second kappa shape index (κ2) is 10.5. The zero-order chi connectivity index (χ0) is 20.7. The Labute approximate surface area is 174 Å². The third kappa shape index (κ3) is 6.24. The molecule has 1 aromatic heterocycles. The lowest BCUT2D eigenvalue weighted by Gasteiger charge is -2.14. The predicted molar refractivity (Wildman–Crippen MR) is 110 cm³/mol. The van der Waals surface area contributed by atoms with Crippen LogP contribution in [0.15, 0.2) is 29.4 Å². The fourth-order valence-electron chi connectivity index (χ4n) is 2.35. The Morgan fingerprint density at radius 3 is 2.50 bits per heavy atom. The summed E-state index contributed by atoms with van der Waals surface area (Å²) in [6, 6.07) is 7.33. The molecule has 0 radical (unpaired) electrons. The van der Waals surface area contributed by atoms with Crippen LogP contribution in [0, 0.1) is 5.92 Å². The van der Waals surface area contributed by atoms with E-state index in [-0.39, 0.29) is 11.7 Å². The molecule has 0 fully saturated rings. The highest BCUT2D eigenvalue weighted by atomic mass is 35.5. The first-order valence-corrected chi connectivity index (χ1v) is 10.5. The molecule has 0 saturated carbocycles. The van der Waals surface area contributed by atoms with Crippen molar-refractivity contribution in [1.82, 2.24) is 20.1 Å². The maximum atomic E-state index is 12.1. The number of rotatable bonds is 9. The van der Waals surface area contributed by atoms with Crippen LogP contribution in [0.2, 0.25) is 5.02 Å². The molecule has 1 amide bonds. The van der Waals surface area contributed by atoms with Crippen molar-refractivity contribution >= 4 is 35.2 Å². The third-order valence-corrected chi connectivity index (χ3v) is 5.01. The first kappa shape index (κ1) is 22.2. The number of amides is 1. The summed E-state index contributed by atoms with van der Waals surface area (Å²) in [5.41, 5.74) is 0.892. The monoisotopic (exact) mass is 424 g/mol. The lowest BCUT2D eigenvalue weighted by molar-refractivity contribution is -0.152. The van der Waals surface area contributed by atoms with E-state index in [9.17, 15) is 9.59 Å². The van der Waals surface area contributed by atoms with Gasteiger partial charge in [-0.2, -0.15) is 0 Å². The number of nitrogens with zero attached hydrogens (tertiary/aromatic N) is 3. The van der Waals surface area contributed by atoms with Gasteiger partial charge in [0, 0.05) is 23.7 Å². The van der Waals surface area contributed by atoms with E-state index in [1.54, 1.807) is 19.1 Å². The molecule has 0 saturated heterocycles. The quantitative estimate of drug-likeness (QED) is 0.490. The van der Waals surface area contributed by atoms with Gasteiger partial charge in [0.15, 0.2) is 17.1 Å². The standard InChI is InChI=1S/C19H25ClN4O3S/c1-5-24-17(14-6-8-15(20)9-7-14)22-23-19(24)28-11-16(25)27-13(4)18(26)21-10-12(2)3/h6-9,12-13H,5,10-11H2,1-4H3,(H,21,26)/t13-/m0/s1. The Bertz CT molecular complexity index is 808. The van der Waals surface area contributed by atoms with Gasteiger partial charge < -0.3 is 14.6 Å². The number of carbonyl (C=O) groups is 2. The maximum absolute atomic E-state index is 12.1. The summed E-state index contributed by atoms with van der Waals surface area (Å²) < 4.78 is 7.12. The minimum Gasteiger partial charge on any atom is -0.452 e. The highest BCUT2D eigenvalue weighted by Gasteiger charge is 2.19. The molecule has 1 N–H and O–H groups in total. The van der Waals surface area contributed by atoms with Crippen LogP contribution in [-0.4, -0.2) is 45.0 Å². The van der Waals surface area contributed by atoms with E-state index in [0.717, 1.165) is 5.56 Å². The number of hydrogen-bond acceptors (Lipinski definition) is 6. The zero-order valence-corrected chi connectivity index (χ0v) is 18.0. The fourth-order valence-corrected chi connectivity index (χ4v) is 3.26. The summed E-state index contributed by atoms with van der Waals surface area (Å²) in [4.78, 5) is 24.0. The average Bonchev–Trinajstić information content (AvgIpc) is 3.07. The highest BCUT2D eigenvalue weighted by Crippen LogP contribution is 2.25. The van der Waals surface area contributed by atoms with Gasteiger partial charge >= 0.3 is 5.97 Å². The molecule has 1 atom stereocenters. The Kier molecular flexibility index (Phi) is 8.32. The molecule has 152 valence electrons. The molecule has 1 heterocycles. The predicted octanol–water partition coefficient (Wildman–Crippen LogP) is 3.41. The molecular weight excluding hydrogens is 400 g/mol. The Balaban J connectivity index is 1.94. The number of thioether (sulfide) groups is 1. The number of carbonyl (C=O) groups excluding carboxylic acids is 2. The van der Waals surface area contributed by atoms with Crippen molar-refractivity contribution in [3.05, 3.63) is 29.3 Å². The van der Waals surface area contributed by atoms with E-state index in [0.29, 0.717) is 35.0 Å². The number of ether oxygens (including phenoxy) is 1. The summed E-state index contributed by atoms with van der Waals surface area (Å²) in [6.45, 7) is 8.72. The number of hydrogen-bond donors (Lipinski definition) is 1. The van der Waals surface area contributed by atoms with Crippen molar-refractivity contribution in [2.24, 2.45) is 5.92 Å². The van der Waals surface area contributed by atoms with Gasteiger partial charge in [0.1, 0.15) is 0 Å². The van der Waals surface area contributed by atoms with Crippen LogP contribution < -0.4 is 5.32 Å². The van der Waals surface area contributed by atoms with Gasteiger partial charge in [-0.25, -0.2) is 0 Å². The minimum absolute atomic E-state index is 0.0422. The highest BCUT2D eigenvalue weighted by molar-refractivity contribution is 7.99. The first-order chi connectivity index (χ1) is 13.3. The van der Waals surface area contributed by atoms with Crippen molar-refractivity contribution in [2.45, 2.75) is 45.5 Å². The Morgan fingerprint density at radius 1 is 1.21 bits per heavy atom. The topological polar surface area (TPSA) is 86.1 Å².